The molecule has 100 valence electrons. The standard InChI is InChI=1S/C12H20N4O2/c1-3-13-4-2-10(1)12-14-11(15-18-12)9-16-5-7-17-8-6-16/h10,13H,1-9H2. The number of piperidine rings is 1. The van der Waals surface area contributed by atoms with Crippen LogP contribution in [0.5, 0.6) is 0 Å². The molecular weight excluding hydrogens is 232 g/mol. The molecule has 6 nitrogen and oxygen atoms in total. The Kier molecular flexibility index (Phi) is 3.87. The summed E-state index contributed by atoms with van der Waals surface area (Å²) in [7, 11) is 0. The van der Waals surface area contributed by atoms with Gasteiger partial charge >= 0.3 is 0 Å². The Labute approximate surface area is 107 Å². The van der Waals surface area contributed by atoms with E-state index >= 15 is 0 Å². The minimum atomic E-state index is 0.442. The van der Waals surface area contributed by atoms with Gasteiger partial charge in [0.05, 0.1) is 19.8 Å². The molecule has 0 radical (unpaired) electrons. The van der Waals surface area contributed by atoms with Gasteiger partial charge in [0.15, 0.2) is 5.82 Å². The maximum Gasteiger partial charge on any atom is 0.229 e. The zero-order chi connectivity index (χ0) is 12.2. The second kappa shape index (κ2) is 5.77. The lowest BCUT2D eigenvalue weighted by Gasteiger charge is -2.24. The molecule has 2 aliphatic heterocycles. The molecule has 2 aliphatic rings. The highest BCUT2D eigenvalue weighted by Gasteiger charge is 2.22. The van der Waals surface area contributed by atoms with E-state index in [1.165, 1.54) is 0 Å². The molecule has 0 unspecified atom stereocenters. The van der Waals surface area contributed by atoms with Crippen LogP contribution in [0.15, 0.2) is 4.52 Å². The molecule has 0 amide bonds. The Balaban J connectivity index is 1.58. The molecule has 2 saturated heterocycles. The van der Waals surface area contributed by atoms with Crippen molar-refractivity contribution in [1.82, 2.24) is 20.4 Å². The molecular formula is C12H20N4O2. The van der Waals surface area contributed by atoms with Crippen LogP contribution < -0.4 is 5.32 Å². The lowest BCUT2D eigenvalue weighted by molar-refractivity contribution is 0.0327. The summed E-state index contributed by atoms with van der Waals surface area (Å²) < 4.78 is 10.7. The molecule has 0 bridgehead atoms. The number of nitrogens with zero attached hydrogens (tertiary/aromatic N) is 3. The molecule has 3 heterocycles. The molecule has 0 spiro atoms. The van der Waals surface area contributed by atoms with Crippen LogP contribution in [0.2, 0.25) is 0 Å². The average Bonchev–Trinajstić information content (AvgIpc) is 2.89. The second-order valence-electron chi connectivity index (χ2n) is 4.96. The highest BCUT2D eigenvalue weighted by molar-refractivity contribution is 4.96. The molecule has 1 aromatic heterocycles. The van der Waals surface area contributed by atoms with Crippen molar-refractivity contribution >= 4 is 0 Å². The first-order chi connectivity index (χ1) is 8.92. The van der Waals surface area contributed by atoms with Gasteiger partial charge in [-0.3, -0.25) is 4.90 Å². The maximum absolute atomic E-state index is 5.40. The van der Waals surface area contributed by atoms with E-state index in [9.17, 15) is 0 Å². The molecule has 18 heavy (non-hydrogen) atoms. The molecule has 1 N–H and O–H groups in total. The van der Waals surface area contributed by atoms with Crippen LogP contribution in [0.3, 0.4) is 0 Å². The number of morpholine rings is 1. The van der Waals surface area contributed by atoms with Crippen molar-refractivity contribution in [2.75, 3.05) is 39.4 Å². The van der Waals surface area contributed by atoms with Gasteiger partial charge < -0.3 is 14.6 Å². The largest absolute Gasteiger partial charge is 0.379 e. The second-order valence-corrected chi connectivity index (χ2v) is 4.96. The number of hydrogen-bond acceptors (Lipinski definition) is 6. The SMILES string of the molecule is C1CC(c2nc(CN3CCOCC3)no2)CCN1. The van der Waals surface area contributed by atoms with Gasteiger partial charge in [-0.25, -0.2) is 0 Å². The Morgan fingerprint density at radius 3 is 2.78 bits per heavy atom. The molecule has 6 heteroatoms. The zero-order valence-electron chi connectivity index (χ0n) is 10.6. The van der Waals surface area contributed by atoms with E-state index in [2.05, 4.69) is 20.4 Å². The van der Waals surface area contributed by atoms with Gasteiger partial charge in [-0.05, 0) is 25.9 Å². The monoisotopic (exact) mass is 252 g/mol. The van der Waals surface area contributed by atoms with Crippen molar-refractivity contribution in [2.45, 2.75) is 25.3 Å². The first kappa shape index (κ1) is 12.1. The summed E-state index contributed by atoms with van der Waals surface area (Å²) in [4.78, 5) is 6.85. The van der Waals surface area contributed by atoms with Crippen molar-refractivity contribution in [1.29, 1.82) is 0 Å². The number of hydrogen-bond donors (Lipinski definition) is 1. The van der Waals surface area contributed by atoms with Gasteiger partial charge in [0, 0.05) is 19.0 Å². The summed E-state index contributed by atoms with van der Waals surface area (Å²) in [6, 6.07) is 0. The fourth-order valence-corrected chi connectivity index (χ4v) is 2.53. The Morgan fingerprint density at radius 2 is 2.00 bits per heavy atom. The molecule has 0 aromatic carbocycles. The predicted molar refractivity (Wildman–Crippen MR) is 65.2 cm³/mol. The third kappa shape index (κ3) is 2.88. The van der Waals surface area contributed by atoms with Gasteiger partial charge in [-0.2, -0.15) is 4.98 Å². The Bertz CT molecular complexity index is 370. The van der Waals surface area contributed by atoms with Gasteiger partial charge in [-0.1, -0.05) is 5.16 Å². The number of rotatable bonds is 3. The molecule has 2 fully saturated rings. The van der Waals surface area contributed by atoms with E-state index < -0.39 is 0 Å². The molecule has 1 aromatic rings. The van der Waals surface area contributed by atoms with Crippen LogP contribution in [-0.4, -0.2) is 54.4 Å². The summed E-state index contributed by atoms with van der Waals surface area (Å²) in [5.74, 6) is 2.07. The zero-order valence-corrected chi connectivity index (χ0v) is 10.6. The normalized spacial score (nSPS) is 23.3. The molecule has 3 rings (SSSR count). The molecule has 0 saturated carbocycles. The van der Waals surface area contributed by atoms with E-state index in [1.807, 2.05) is 0 Å². The van der Waals surface area contributed by atoms with Crippen molar-refractivity contribution < 1.29 is 9.26 Å². The van der Waals surface area contributed by atoms with E-state index in [4.69, 9.17) is 9.26 Å². The lowest BCUT2D eigenvalue weighted by atomic mass is 9.98. The number of nitrogens with one attached hydrogen (secondary N) is 1. The summed E-state index contributed by atoms with van der Waals surface area (Å²) in [6.45, 7) is 6.39. The quantitative estimate of drug-likeness (QED) is 0.838. The fraction of sp³-hybridized carbons (Fsp3) is 0.833. The summed E-state index contributed by atoms with van der Waals surface area (Å²) in [5, 5.41) is 7.44. The minimum Gasteiger partial charge on any atom is -0.379 e. The molecule has 0 aliphatic carbocycles. The fourth-order valence-electron chi connectivity index (χ4n) is 2.53. The van der Waals surface area contributed by atoms with E-state index in [-0.39, 0.29) is 0 Å². The number of ether oxygens (including phenoxy) is 1. The average molecular weight is 252 g/mol. The van der Waals surface area contributed by atoms with E-state index in [0.29, 0.717) is 5.92 Å². The van der Waals surface area contributed by atoms with Crippen LogP contribution >= 0.6 is 0 Å². The van der Waals surface area contributed by atoms with Crippen LogP contribution in [0.25, 0.3) is 0 Å². The first-order valence-corrected chi connectivity index (χ1v) is 6.75. The summed E-state index contributed by atoms with van der Waals surface area (Å²) in [6.07, 6.45) is 2.19. The van der Waals surface area contributed by atoms with Crippen molar-refractivity contribution in [3.8, 4) is 0 Å². The molecule has 0 atom stereocenters. The van der Waals surface area contributed by atoms with Gasteiger partial charge in [-0.15, -0.1) is 0 Å². The third-order valence-electron chi connectivity index (χ3n) is 3.64. The van der Waals surface area contributed by atoms with Gasteiger partial charge in [0.25, 0.3) is 0 Å². The lowest BCUT2D eigenvalue weighted by Crippen LogP contribution is -2.35. The topological polar surface area (TPSA) is 63.4 Å². The van der Waals surface area contributed by atoms with Crippen LogP contribution in [0.1, 0.15) is 30.5 Å². The highest BCUT2D eigenvalue weighted by atomic mass is 16.5. The first-order valence-electron chi connectivity index (χ1n) is 6.75. The van der Waals surface area contributed by atoms with Crippen LogP contribution in [0, 0.1) is 0 Å². The van der Waals surface area contributed by atoms with Crippen molar-refractivity contribution in [2.24, 2.45) is 0 Å². The minimum absolute atomic E-state index is 0.442. The van der Waals surface area contributed by atoms with Gasteiger partial charge in [0.1, 0.15) is 0 Å². The Hall–Kier alpha value is -0.980. The Morgan fingerprint density at radius 1 is 1.22 bits per heavy atom. The predicted octanol–water partition coefficient (Wildman–Crippen LogP) is 0.369. The van der Waals surface area contributed by atoms with Crippen LogP contribution in [-0.2, 0) is 11.3 Å². The summed E-state index contributed by atoms with van der Waals surface area (Å²) >= 11 is 0. The van der Waals surface area contributed by atoms with Gasteiger partial charge in [0.2, 0.25) is 5.89 Å². The highest BCUT2D eigenvalue weighted by Crippen LogP contribution is 2.23. The van der Waals surface area contributed by atoms with Crippen molar-refractivity contribution in [3.05, 3.63) is 11.7 Å². The van der Waals surface area contributed by atoms with Crippen molar-refractivity contribution in [3.63, 3.8) is 0 Å². The number of aromatic nitrogens is 2. The summed E-state index contributed by atoms with van der Waals surface area (Å²) in [5.41, 5.74) is 0. The smallest absolute Gasteiger partial charge is 0.229 e. The van der Waals surface area contributed by atoms with E-state index in [1.54, 1.807) is 0 Å². The maximum atomic E-state index is 5.40. The van der Waals surface area contributed by atoms with E-state index in [0.717, 1.165) is 70.5 Å². The van der Waals surface area contributed by atoms with Crippen LogP contribution in [0.4, 0.5) is 0 Å². The third-order valence-corrected chi connectivity index (χ3v) is 3.64.